The second-order valence-corrected chi connectivity index (χ2v) is 5.46. The molecule has 0 atom stereocenters. The quantitative estimate of drug-likeness (QED) is 0.942. The Morgan fingerprint density at radius 1 is 1.32 bits per heavy atom. The number of carbonyl (C=O) groups excluding carboxylic acids is 2. The van der Waals surface area contributed by atoms with Crippen molar-refractivity contribution in [1.82, 2.24) is 10.3 Å². The minimum absolute atomic E-state index is 0.00802. The maximum Gasteiger partial charge on any atom is 0.239 e. The van der Waals surface area contributed by atoms with Crippen molar-refractivity contribution < 1.29 is 9.59 Å². The van der Waals surface area contributed by atoms with E-state index in [0.29, 0.717) is 16.4 Å². The molecule has 112 valence electrons. The first-order chi connectivity index (χ1) is 10.6. The number of nitrogens with zero attached hydrogens (tertiary/aromatic N) is 2. The number of fused-ring (bicyclic) bond motifs is 1. The largest absolute Gasteiger partial charge is 0.358 e. The van der Waals surface area contributed by atoms with Crippen molar-refractivity contribution in [2.45, 2.75) is 6.42 Å². The molecule has 0 bridgehead atoms. The molecule has 5 nitrogen and oxygen atoms in total. The highest BCUT2D eigenvalue weighted by atomic mass is 35.5. The van der Waals surface area contributed by atoms with Crippen LogP contribution >= 0.6 is 11.6 Å². The van der Waals surface area contributed by atoms with Gasteiger partial charge in [-0.15, -0.1) is 0 Å². The van der Waals surface area contributed by atoms with Gasteiger partial charge in [0.2, 0.25) is 11.8 Å². The van der Waals surface area contributed by atoms with Gasteiger partial charge in [-0.3, -0.25) is 14.6 Å². The van der Waals surface area contributed by atoms with Crippen molar-refractivity contribution in [1.29, 1.82) is 0 Å². The number of benzene rings is 1. The van der Waals surface area contributed by atoms with Crippen molar-refractivity contribution in [3.8, 4) is 11.1 Å². The van der Waals surface area contributed by atoms with Crippen LogP contribution in [-0.2, 0) is 16.0 Å². The van der Waals surface area contributed by atoms with Gasteiger partial charge in [-0.25, -0.2) is 0 Å². The zero-order valence-electron chi connectivity index (χ0n) is 12.0. The lowest BCUT2D eigenvalue weighted by Crippen LogP contribution is -2.37. The predicted octanol–water partition coefficient (Wildman–Crippen LogP) is 2.04. The molecule has 0 spiro atoms. The van der Waals surface area contributed by atoms with E-state index in [-0.39, 0.29) is 24.8 Å². The van der Waals surface area contributed by atoms with Gasteiger partial charge in [0.25, 0.3) is 0 Å². The Labute approximate surface area is 132 Å². The lowest BCUT2D eigenvalue weighted by Gasteiger charge is -2.16. The van der Waals surface area contributed by atoms with Crippen LogP contribution in [0.4, 0.5) is 5.69 Å². The molecule has 1 aromatic heterocycles. The van der Waals surface area contributed by atoms with Crippen LogP contribution in [0.15, 0.2) is 36.5 Å². The number of aromatic nitrogens is 1. The minimum Gasteiger partial charge on any atom is -0.358 e. The second-order valence-electron chi connectivity index (χ2n) is 5.03. The number of pyridine rings is 1. The van der Waals surface area contributed by atoms with Gasteiger partial charge in [-0.05, 0) is 23.8 Å². The summed E-state index contributed by atoms with van der Waals surface area (Å²) in [4.78, 5) is 29.5. The van der Waals surface area contributed by atoms with Crippen LogP contribution in [0.3, 0.4) is 0 Å². The zero-order valence-corrected chi connectivity index (χ0v) is 12.7. The third kappa shape index (κ3) is 2.67. The van der Waals surface area contributed by atoms with Gasteiger partial charge in [0, 0.05) is 23.8 Å². The second kappa shape index (κ2) is 5.77. The van der Waals surface area contributed by atoms with Gasteiger partial charge in [-0.1, -0.05) is 23.7 Å². The maximum absolute atomic E-state index is 12.1. The molecule has 2 amide bonds. The first-order valence-corrected chi connectivity index (χ1v) is 7.22. The van der Waals surface area contributed by atoms with Crippen LogP contribution < -0.4 is 10.2 Å². The molecule has 3 rings (SSSR count). The van der Waals surface area contributed by atoms with E-state index < -0.39 is 0 Å². The van der Waals surface area contributed by atoms with E-state index in [1.165, 1.54) is 4.90 Å². The number of likely N-dealkylation sites (N-methyl/N-ethyl adjacent to an activating group) is 1. The summed E-state index contributed by atoms with van der Waals surface area (Å²) < 4.78 is 0. The van der Waals surface area contributed by atoms with Crippen molar-refractivity contribution >= 4 is 29.1 Å². The Hall–Kier alpha value is -2.40. The number of hydrogen-bond acceptors (Lipinski definition) is 3. The molecule has 2 aromatic rings. The van der Waals surface area contributed by atoms with E-state index in [9.17, 15) is 9.59 Å². The molecule has 2 heterocycles. The number of nitrogens with one attached hydrogen (secondary N) is 1. The molecule has 6 heteroatoms. The number of rotatable bonds is 3. The van der Waals surface area contributed by atoms with Gasteiger partial charge in [0.1, 0.15) is 6.54 Å². The van der Waals surface area contributed by atoms with Crippen LogP contribution in [0, 0.1) is 0 Å². The Morgan fingerprint density at radius 2 is 2.05 bits per heavy atom. The van der Waals surface area contributed by atoms with E-state index in [1.54, 1.807) is 25.4 Å². The standard InChI is InChI=1S/C16H14ClN3O2/c1-18-15(21)9-20-14-6-11(8-19-13(14)7-16(20)22)10-2-4-12(17)5-3-10/h2-6,8H,7,9H2,1H3,(H,18,21). The molecule has 22 heavy (non-hydrogen) atoms. The molecule has 0 unspecified atom stereocenters. The molecular weight excluding hydrogens is 302 g/mol. The fourth-order valence-corrected chi connectivity index (χ4v) is 2.55. The van der Waals surface area contributed by atoms with E-state index in [2.05, 4.69) is 10.3 Å². The van der Waals surface area contributed by atoms with Crippen LogP contribution in [0.2, 0.25) is 5.02 Å². The minimum atomic E-state index is -0.210. The fraction of sp³-hybridized carbons (Fsp3) is 0.188. The van der Waals surface area contributed by atoms with Crippen molar-refractivity contribution in [3.63, 3.8) is 0 Å². The molecule has 1 N–H and O–H groups in total. The normalized spacial score (nSPS) is 13.2. The van der Waals surface area contributed by atoms with Crippen LogP contribution in [0.5, 0.6) is 0 Å². The third-order valence-electron chi connectivity index (χ3n) is 3.62. The predicted molar refractivity (Wildman–Crippen MR) is 84.8 cm³/mol. The summed E-state index contributed by atoms with van der Waals surface area (Å²) in [7, 11) is 1.55. The SMILES string of the molecule is CNC(=O)CN1C(=O)Cc2ncc(-c3ccc(Cl)cc3)cc21. The Bertz CT molecular complexity index is 744. The number of amides is 2. The van der Waals surface area contributed by atoms with Crippen molar-refractivity contribution in [2.75, 3.05) is 18.5 Å². The molecule has 0 radical (unpaired) electrons. The Morgan fingerprint density at radius 3 is 2.73 bits per heavy atom. The summed E-state index contributed by atoms with van der Waals surface area (Å²) in [5, 5.41) is 3.19. The van der Waals surface area contributed by atoms with Gasteiger partial charge in [0.05, 0.1) is 17.8 Å². The van der Waals surface area contributed by atoms with Crippen LogP contribution in [0.25, 0.3) is 11.1 Å². The summed E-state index contributed by atoms with van der Waals surface area (Å²) in [5.74, 6) is -0.322. The zero-order chi connectivity index (χ0) is 15.7. The lowest BCUT2D eigenvalue weighted by atomic mass is 10.1. The van der Waals surface area contributed by atoms with Gasteiger partial charge in [0.15, 0.2) is 0 Å². The maximum atomic E-state index is 12.1. The molecule has 0 fully saturated rings. The first kappa shape index (κ1) is 14.5. The van der Waals surface area contributed by atoms with E-state index in [4.69, 9.17) is 11.6 Å². The number of carbonyl (C=O) groups is 2. The summed E-state index contributed by atoms with van der Waals surface area (Å²) in [6, 6.07) is 9.28. The average molecular weight is 316 g/mol. The van der Waals surface area contributed by atoms with Crippen LogP contribution in [0.1, 0.15) is 5.69 Å². The molecule has 1 aliphatic rings. The topological polar surface area (TPSA) is 62.3 Å². The Balaban J connectivity index is 1.97. The first-order valence-electron chi connectivity index (χ1n) is 6.84. The Kier molecular flexibility index (Phi) is 3.81. The summed E-state index contributed by atoms with van der Waals surface area (Å²) >= 11 is 5.90. The van der Waals surface area contributed by atoms with E-state index in [1.807, 2.05) is 18.2 Å². The summed E-state index contributed by atoms with van der Waals surface area (Å²) in [5.41, 5.74) is 3.23. The summed E-state index contributed by atoms with van der Waals surface area (Å²) in [6.07, 6.45) is 1.96. The number of anilines is 1. The number of halogens is 1. The van der Waals surface area contributed by atoms with Gasteiger partial charge >= 0.3 is 0 Å². The highest BCUT2D eigenvalue weighted by molar-refractivity contribution is 6.30. The third-order valence-corrected chi connectivity index (χ3v) is 3.87. The molecule has 0 saturated heterocycles. The van der Waals surface area contributed by atoms with E-state index >= 15 is 0 Å². The van der Waals surface area contributed by atoms with Crippen molar-refractivity contribution in [2.24, 2.45) is 0 Å². The smallest absolute Gasteiger partial charge is 0.239 e. The molecule has 0 aliphatic carbocycles. The van der Waals surface area contributed by atoms with Crippen LogP contribution in [-0.4, -0.2) is 30.4 Å². The fourth-order valence-electron chi connectivity index (χ4n) is 2.42. The molecule has 1 aliphatic heterocycles. The molecular formula is C16H14ClN3O2. The number of hydrogen-bond donors (Lipinski definition) is 1. The summed E-state index contributed by atoms with van der Waals surface area (Å²) in [6.45, 7) is 0.00802. The highest BCUT2D eigenvalue weighted by Gasteiger charge is 2.30. The lowest BCUT2D eigenvalue weighted by molar-refractivity contribution is -0.122. The average Bonchev–Trinajstić information content (AvgIpc) is 2.83. The van der Waals surface area contributed by atoms with Crippen molar-refractivity contribution in [3.05, 3.63) is 47.2 Å². The van der Waals surface area contributed by atoms with E-state index in [0.717, 1.165) is 11.1 Å². The molecule has 0 saturated carbocycles. The molecule has 1 aromatic carbocycles. The highest BCUT2D eigenvalue weighted by Crippen LogP contribution is 2.31. The monoisotopic (exact) mass is 315 g/mol. The van der Waals surface area contributed by atoms with Gasteiger partial charge < -0.3 is 10.2 Å². The van der Waals surface area contributed by atoms with Gasteiger partial charge in [-0.2, -0.15) is 0 Å².